The van der Waals surface area contributed by atoms with Gasteiger partial charge in [0.1, 0.15) is 0 Å². The lowest BCUT2D eigenvalue weighted by atomic mass is 10.0. The van der Waals surface area contributed by atoms with E-state index >= 15 is 0 Å². The van der Waals surface area contributed by atoms with Gasteiger partial charge in [0.25, 0.3) is 0 Å². The highest BCUT2D eigenvalue weighted by atomic mass is 19.4. The Labute approximate surface area is 114 Å². The molecule has 1 fully saturated rings. The monoisotopic (exact) mass is 280 g/mol. The van der Waals surface area contributed by atoms with Crippen molar-refractivity contribution in [1.29, 1.82) is 0 Å². The van der Waals surface area contributed by atoms with Gasteiger partial charge in [-0.25, -0.2) is 0 Å². The van der Waals surface area contributed by atoms with Gasteiger partial charge in [0.2, 0.25) is 0 Å². The summed E-state index contributed by atoms with van der Waals surface area (Å²) >= 11 is 0. The summed E-state index contributed by atoms with van der Waals surface area (Å²) in [4.78, 5) is 1.51. The minimum absolute atomic E-state index is 0.390. The number of rotatable bonds is 7. The minimum Gasteiger partial charge on any atom is -0.311 e. The van der Waals surface area contributed by atoms with E-state index in [-0.39, 0.29) is 0 Å². The van der Waals surface area contributed by atoms with Crippen LogP contribution in [0.3, 0.4) is 0 Å². The number of unbranched alkanes of at least 4 members (excludes halogenated alkanes) is 2. The molecule has 1 heterocycles. The van der Waals surface area contributed by atoms with E-state index in [0.29, 0.717) is 25.2 Å². The second-order valence-electron chi connectivity index (χ2n) is 5.73. The largest absolute Gasteiger partial charge is 0.401 e. The molecule has 0 bridgehead atoms. The number of alkyl halides is 3. The molecular formula is C14H27F3N2. The maximum Gasteiger partial charge on any atom is 0.401 e. The molecule has 0 aromatic heterocycles. The quantitative estimate of drug-likeness (QED) is 0.717. The van der Waals surface area contributed by atoms with Crippen LogP contribution in [-0.2, 0) is 0 Å². The van der Waals surface area contributed by atoms with E-state index in [1.807, 2.05) is 0 Å². The molecule has 114 valence electrons. The smallest absolute Gasteiger partial charge is 0.311 e. The SMILES string of the molecule is CCCCCC(C)NC1CCN(CC(F)(F)F)CC1. The summed E-state index contributed by atoms with van der Waals surface area (Å²) in [6, 6.07) is 0.867. The minimum atomic E-state index is -4.06. The molecule has 0 saturated carbocycles. The van der Waals surface area contributed by atoms with Crippen molar-refractivity contribution in [3.8, 4) is 0 Å². The van der Waals surface area contributed by atoms with Crippen molar-refractivity contribution in [3.63, 3.8) is 0 Å². The predicted octanol–water partition coefficient (Wildman–Crippen LogP) is 3.57. The molecule has 0 aromatic carbocycles. The maximum absolute atomic E-state index is 12.3. The number of nitrogens with one attached hydrogen (secondary N) is 1. The van der Waals surface area contributed by atoms with Crippen LogP contribution >= 0.6 is 0 Å². The van der Waals surface area contributed by atoms with Crippen molar-refractivity contribution in [3.05, 3.63) is 0 Å². The molecule has 0 radical (unpaired) electrons. The predicted molar refractivity (Wildman–Crippen MR) is 72.3 cm³/mol. The van der Waals surface area contributed by atoms with Crippen LogP contribution in [0.4, 0.5) is 13.2 Å². The van der Waals surface area contributed by atoms with Gasteiger partial charge in [-0.2, -0.15) is 13.2 Å². The van der Waals surface area contributed by atoms with Crippen LogP contribution in [0.25, 0.3) is 0 Å². The lowest BCUT2D eigenvalue weighted by molar-refractivity contribution is -0.148. The summed E-state index contributed by atoms with van der Waals surface area (Å²) in [5.41, 5.74) is 0. The third kappa shape index (κ3) is 7.78. The number of hydrogen-bond acceptors (Lipinski definition) is 2. The summed E-state index contributed by atoms with van der Waals surface area (Å²) < 4.78 is 36.8. The number of likely N-dealkylation sites (tertiary alicyclic amines) is 1. The first-order valence-corrected chi connectivity index (χ1v) is 7.46. The highest BCUT2D eigenvalue weighted by molar-refractivity contribution is 4.80. The lowest BCUT2D eigenvalue weighted by Gasteiger charge is -2.34. The second-order valence-corrected chi connectivity index (χ2v) is 5.73. The van der Waals surface area contributed by atoms with Crippen LogP contribution in [0.15, 0.2) is 0 Å². The molecule has 1 rings (SSSR count). The van der Waals surface area contributed by atoms with Gasteiger partial charge in [0.15, 0.2) is 0 Å². The Balaban J connectivity index is 2.15. The Morgan fingerprint density at radius 2 is 1.84 bits per heavy atom. The first-order valence-electron chi connectivity index (χ1n) is 7.46. The van der Waals surface area contributed by atoms with E-state index in [1.54, 1.807) is 0 Å². The van der Waals surface area contributed by atoms with Crippen molar-refractivity contribution in [2.45, 2.75) is 70.6 Å². The summed E-state index contributed by atoms with van der Waals surface area (Å²) in [5, 5.41) is 3.55. The van der Waals surface area contributed by atoms with E-state index in [1.165, 1.54) is 24.2 Å². The van der Waals surface area contributed by atoms with Crippen LogP contribution in [-0.4, -0.2) is 42.8 Å². The molecule has 5 heteroatoms. The molecule has 0 aliphatic carbocycles. The fraction of sp³-hybridized carbons (Fsp3) is 1.00. The molecule has 0 aromatic rings. The summed E-state index contributed by atoms with van der Waals surface area (Å²) in [6.07, 6.45) is 2.48. The Morgan fingerprint density at radius 1 is 1.21 bits per heavy atom. The molecule has 0 amide bonds. The average molecular weight is 280 g/mol. The molecule has 1 aliphatic rings. The van der Waals surface area contributed by atoms with E-state index in [4.69, 9.17) is 0 Å². The fourth-order valence-electron chi connectivity index (χ4n) is 2.70. The van der Waals surface area contributed by atoms with E-state index in [2.05, 4.69) is 19.2 Å². The van der Waals surface area contributed by atoms with Crippen molar-refractivity contribution < 1.29 is 13.2 Å². The Bertz CT molecular complexity index is 235. The maximum atomic E-state index is 12.3. The summed E-state index contributed by atoms with van der Waals surface area (Å²) in [7, 11) is 0. The molecule has 1 unspecified atom stereocenters. The summed E-state index contributed by atoms with van der Waals surface area (Å²) in [6.45, 7) is 4.72. The van der Waals surface area contributed by atoms with Gasteiger partial charge >= 0.3 is 6.18 Å². The molecule has 0 spiro atoms. The third-order valence-electron chi connectivity index (χ3n) is 3.75. The van der Waals surface area contributed by atoms with E-state index < -0.39 is 12.7 Å². The molecule has 2 nitrogen and oxygen atoms in total. The highest BCUT2D eigenvalue weighted by Crippen LogP contribution is 2.20. The van der Waals surface area contributed by atoms with Gasteiger partial charge in [0.05, 0.1) is 6.54 Å². The summed E-state index contributed by atoms with van der Waals surface area (Å²) in [5.74, 6) is 0. The van der Waals surface area contributed by atoms with Gasteiger partial charge in [0, 0.05) is 12.1 Å². The van der Waals surface area contributed by atoms with Crippen molar-refractivity contribution in [2.75, 3.05) is 19.6 Å². The molecule has 1 aliphatic heterocycles. The zero-order chi connectivity index (χ0) is 14.3. The van der Waals surface area contributed by atoms with Crippen LogP contribution in [0.5, 0.6) is 0 Å². The number of hydrogen-bond donors (Lipinski definition) is 1. The van der Waals surface area contributed by atoms with Crippen LogP contribution in [0, 0.1) is 0 Å². The normalized spacial score (nSPS) is 20.7. The molecule has 1 atom stereocenters. The van der Waals surface area contributed by atoms with Crippen molar-refractivity contribution in [2.24, 2.45) is 0 Å². The topological polar surface area (TPSA) is 15.3 Å². The lowest BCUT2D eigenvalue weighted by Crippen LogP contribution is -2.47. The van der Waals surface area contributed by atoms with Gasteiger partial charge in [-0.1, -0.05) is 26.2 Å². The average Bonchev–Trinajstić information content (AvgIpc) is 2.30. The Morgan fingerprint density at radius 3 is 2.37 bits per heavy atom. The highest BCUT2D eigenvalue weighted by Gasteiger charge is 2.32. The standard InChI is InChI=1S/C14H27F3N2/c1-3-4-5-6-12(2)18-13-7-9-19(10-8-13)11-14(15,16)17/h12-13,18H,3-11H2,1-2H3. The van der Waals surface area contributed by atoms with Gasteiger partial charge in [-0.05, 0) is 39.3 Å². The van der Waals surface area contributed by atoms with Crippen molar-refractivity contribution >= 4 is 0 Å². The van der Waals surface area contributed by atoms with Crippen molar-refractivity contribution in [1.82, 2.24) is 10.2 Å². The number of halogens is 3. The van der Waals surface area contributed by atoms with E-state index in [0.717, 1.165) is 19.3 Å². The molecule has 19 heavy (non-hydrogen) atoms. The fourth-order valence-corrected chi connectivity index (χ4v) is 2.70. The van der Waals surface area contributed by atoms with E-state index in [9.17, 15) is 13.2 Å². The van der Waals surface area contributed by atoms with Crippen LogP contribution in [0.2, 0.25) is 0 Å². The van der Waals surface area contributed by atoms with Crippen LogP contribution in [0.1, 0.15) is 52.4 Å². The molecule has 1 N–H and O–H groups in total. The van der Waals surface area contributed by atoms with Gasteiger partial charge < -0.3 is 5.32 Å². The number of nitrogens with zero attached hydrogens (tertiary/aromatic N) is 1. The third-order valence-corrected chi connectivity index (χ3v) is 3.75. The molecule has 1 saturated heterocycles. The van der Waals surface area contributed by atoms with Gasteiger partial charge in [-0.3, -0.25) is 4.90 Å². The number of piperidine rings is 1. The first kappa shape index (κ1) is 16.8. The molecular weight excluding hydrogens is 253 g/mol. The first-order chi connectivity index (χ1) is 8.90. The van der Waals surface area contributed by atoms with Gasteiger partial charge in [-0.15, -0.1) is 0 Å². The second kappa shape index (κ2) is 8.10. The zero-order valence-electron chi connectivity index (χ0n) is 12.1. The zero-order valence-corrected chi connectivity index (χ0v) is 12.1. The Hall–Kier alpha value is -0.290. The van der Waals surface area contributed by atoms with Crippen LogP contribution < -0.4 is 5.32 Å². The Kier molecular flexibility index (Phi) is 7.15.